The molecule has 0 aromatic heterocycles. The average molecular weight is 298 g/mol. The van der Waals surface area contributed by atoms with Gasteiger partial charge in [0.1, 0.15) is 0 Å². The first-order valence-electron chi connectivity index (χ1n) is 8.85. The summed E-state index contributed by atoms with van der Waals surface area (Å²) >= 11 is 0. The molecular weight excluding hydrogens is 264 g/mol. The molecule has 2 N–H and O–H groups in total. The topological polar surface area (TPSA) is 52.6 Å². The summed E-state index contributed by atoms with van der Waals surface area (Å²) in [6.07, 6.45) is 9.65. The minimum atomic E-state index is -0.334. The van der Waals surface area contributed by atoms with Gasteiger partial charge in [-0.05, 0) is 38.6 Å². The number of aliphatic hydroxyl groups excluding tert-OH is 1. The second kappa shape index (κ2) is 10.2. The van der Waals surface area contributed by atoms with Gasteiger partial charge < -0.3 is 15.3 Å². The van der Waals surface area contributed by atoms with Gasteiger partial charge in [0.25, 0.3) is 0 Å². The molecule has 1 fully saturated rings. The Morgan fingerprint density at radius 3 is 2.43 bits per heavy atom. The lowest BCUT2D eigenvalue weighted by atomic mass is 9.92. The van der Waals surface area contributed by atoms with Crippen molar-refractivity contribution in [3.63, 3.8) is 0 Å². The molecule has 0 aromatic carbocycles. The van der Waals surface area contributed by atoms with E-state index in [2.05, 4.69) is 19.2 Å². The zero-order chi connectivity index (χ0) is 15.6. The van der Waals surface area contributed by atoms with Gasteiger partial charge in [-0.2, -0.15) is 0 Å². The predicted molar refractivity (Wildman–Crippen MR) is 87.3 cm³/mol. The van der Waals surface area contributed by atoms with Crippen LogP contribution in [0.5, 0.6) is 0 Å². The zero-order valence-corrected chi connectivity index (χ0v) is 14.0. The molecule has 1 unspecified atom stereocenters. The number of nitrogens with one attached hydrogen (secondary N) is 1. The van der Waals surface area contributed by atoms with E-state index in [1.54, 1.807) is 0 Å². The smallest absolute Gasteiger partial charge is 0.242 e. The Kier molecular flexibility index (Phi) is 8.93. The van der Waals surface area contributed by atoms with Gasteiger partial charge in [0.05, 0.1) is 5.54 Å². The summed E-state index contributed by atoms with van der Waals surface area (Å²) in [6, 6.07) is 0. The van der Waals surface area contributed by atoms with Gasteiger partial charge in [-0.25, -0.2) is 0 Å². The second-order valence-corrected chi connectivity index (χ2v) is 6.25. The van der Waals surface area contributed by atoms with Crippen LogP contribution >= 0.6 is 0 Å². The Labute approximate surface area is 130 Å². The average Bonchev–Trinajstić information content (AvgIpc) is 2.99. The fourth-order valence-electron chi connectivity index (χ4n) is 3.23. The van der Waals surface area contributed by atoms with E-state index >= 15 is 0 Å². The molecule has 124 valence electrons. The van der Waals surface area contributed by atoms with Crippen molar-refractivity contribution in [2.24, 2.45) is 0 Å². The van der Waals surface area contributed by atoms with E-state index in [9.17, 15) is 4.79 Å². The maximum atomic E-state index is 12.9. The number of hydrogen-bond acceptors (Lipinski definition) is 3. The number of unbranched alkanes of at least 4 members (excludes halogenated alkanes) is 4. The molecule has 1 saturated heterocycles. The maximum absolute atomic E-state index is 12.9. The lowest BCUT2D eigenvalue weighted by Crippen LogP contribution is -2.55. The maximum Gasteiger partial charge on any atom is 0.242 e. The Balaban J connectivity index is 2.52. The van der Waals surface area contributed by atoms with Crippen molar-refractivity contribution in [3.05, 3.63) is 0 Å². The van der Waals surface area contributed by atoms with Crippen molar-refractivity contribution in [2.75, 3.05) is 26.2 Å². The summed E-state index contributed by atoms with van der Waals surface area (Å²) in [4.78, 5) is 14.9. The highest BCUT2D eigenvalue weighted by atomic mass is 16.3. The van der Waals surface area contributed by atoms with Crippen LogP contribution in [0.4, 0.5) is 0 Å². The number of rotatable bonds is 11. The SMILES string of the molecule is CCCCCCCN(CCCO)C(=O)C1(CC)CCCN1. The minimum absolute atomic E-state index is 0.159. The number of carbonyl (C=O) groups is 1. The molecule has 0 aliphatic carbocycles. The number of aliphatic hydroxyl groups is 1. The molecule has 4 heteroatoms. The van der Waals surface area contributed by atoms with E-state index in [-0.39, 0.29) is 18.1 Å². The van der Waals surface area contributed by atoms with Crippen molar-refractivity contribution in [1.82, 2.24) is 10.2 Å². The monoisotopic (exact) mass is 298 g/mol. The van der Waals surface area contributed by atoms with Crippen LogP contribution < -0.4 is 5.32 Å². The third-order valence-electron chi connectivity index (χ3n) is 4.66. The first kappa shape index (κ1) is 18.4. The molecular formula is C17H34N2O2. The summed E-state index contributed by atoms with van der Waals surface area (Å²) in [7, 11) is 0. The van der Waals surface area contributed by atoms with Gasteiger partial charge in [0.2, 0.25) is 5.91 Å². The Bertz CT molecular complexity index is 289. The fourth-order valence-corrected chi connectivity index (χ4v) is 3.23. The van der Waals surface area contributed by atoms with Gasteiger partial charge in [-0.15, -0.1) is 0 Å². The third-order valence-corrected chi connectivity index (χ3v) is 4.66. The van der Waals surface area contributed by atoms with E-state index in [0.717, 1.165) is 38.8 Å². The normalized spacial score (nSPS) is 21.7. The molecule has 0 bridgehead atoms. The van der Waals surface area contributed by atoms with Crippen LogP contribution in [0, 0.1) is 0 Å². The van der Waals surface area contributed by atoms with Crippen LogP contribution in [0.25, 0.3) is 0 Å². The molecule has 4 nitrogen and oxygen atoms in total. The number of nitrogens with zero attached hydrogens (tertiary/aromatic N) is 1. The highest BCUT2D eigenvalue weighted by Crippen LogP contribution is 2.26. The Hall–Kier alpha value is -0.610. The first-order valence-corrected chi connectivity index (χ1v) is 8.85. The number of hydrogen-bond donors (Lipinski definition) is 2. The summed E-state index contributed by atoms with van der Waals surface area (Å²) in [5, 5.41) is 12.5. The van der Waals surface area contributed by atoms with Crippen LogP contribution in [0.15, 0.2) is 0 Å². The minimum Gasteiger partial charge on any atom is -0.396 e. The van der Waals surface area contributed by atoms with Gasteiger partial charge in [0.15, 0.2) is 0 Å². The van der Waals surface area contributed by atoms with E-state index in [1.165, 1.54) is 25.7 Å². The largest absolute Gasteiger partial charge is 0.396 e. The van der Waals surface area contributed by atoms with Crippen LogP contribution in [0.2, 0.25) is 0 Å². The highest BCUT2D eigenvalue weighted by Gasteiger charge is 2.41. The molecule has 1 atom stereocenters. The fraction of sp³-hybridized carbons (Fsp3) is 0.941. The van der Waals surface area contributed by atoms with Crippen LogP contribution in [-0.2, 0) is 4.79 Å². The molecule has 0 saturated carbocycles. The van der Waals surface area contributed by atoms with Crippen molar-refractivity contribution in [2.45, 2.75) is 77.2 Å². The highest BCUT2D eigenvalue weighted by molar-refractivity contribution is 5.86. The van der Waals surface area contributed by atoms with Crippen molar-refractivity contribution in [1.29, 1.82) is 0 Å². The van der Waals surface area contributed by atoms with E-state index in [4.69, 9.17) is 5.11 Å². The van der Waals surface area contributed by atoms with Crippen LogP contribution in [0.1, 0.15) is 71.6 Å². The molecule has 0 radical (unpaired) electrons. The van der Waals surface area contributed by atoms with Gasteiger partial charge in [0, 0.05) is 19.7 Å². The van der Waals surface area contributed by atoms with Gasteiger partial charge >= 0.3 is 0 Å². The van der Waals surface area contributed by atoms with Crippen LogP contribution in [-0.4, -0.2) is 47.7 Å². The first-order chi connectivity index (χ1) is 10.2. The summed E-state index contributed by atoms with van der Waals surface area (Å²) < 4.78 is 0. The molecule has 21 heavy (non-hydrogen) atoms. The number of carbonyl (C=O) groups excluding carboxylic acids is 1. The standard InChI is InChI=1S/C17H34N2O2/c1-3-5-6-7-8-13-19(14-10-15-20)16(21)17(4-2)11-9-12-18-17/h18,20H,3-15H2,1-2H3. The lowest BCUT2D eigenvalue weighted by molar-refractivity contribution is -0.138. The molecule has 1 aliphatic heterocycles. The molecule has 0 spiro atoms. The number of amides is 1. The van der Waals surface area contributed by atoms with Gasteiger partial charge in [-0.1, -0.05) is 39.5 Å². The Morgan fingerprint density at radius 2 is 1.86 bits per heavy atom. The van der Waals surface area contributed by atoms with E-state index < -0.39 is 0 Å². The van der Waals surface area contributed by atoms with Crippen molar-refractivity contribution < 1.29 is 9.90 Å². The van der Waals surface area contributed by atoms with Gasteiger partial charge in [-0.3, -0.25) is 4.79 Å². The van der Waals surface area contributed by atoms with Crippen molar-refractivity contribution in [3.8, 4) is 0 Å². The van der Waals surface area contributed by atoms with Crippen LogP contribution in [0.3, 0.4) is 0 Å². The summed E-state index contributed by atoms with van der Waals surface area (Å²) in [5.41, 5.74) is -0.334. The van der Waals surface area contributed by atoms with Crippen molar-refractivity contribution >= 4 is 5.91 Å². The predicted octanol–water partition coefficient (Wildman–Crippen LogP) is 2.70. The molecule has 1 aliphatic rings. The third kappa shape index (κ3) is 5.59. The molecule has 1 heterocycles. The Morgan fingerprint density at radius 1 is 1.14 bits per heavy atom. The quantitative estimate of drug-likeness (QED) is 0.577. The van der Waals surface area contributed by atoms with E-state index in [0.29, 0.717) is 13.0 Å². The summed E-state index contributed by atoms with van der Waals surface area (Å²) in [6.45, 7) is 6.95. The van der Waals surface area contributed by atoms with E-state index in [1.807, 2.05) is 4.90 Å². The lowest BCUT2D eigenvalue weighted by Gasteiger charge is -2.34. The zero-order valence-electron chi connectivity index (χ0n) is 14.0. The molecule has 1 amide bonds. The summed E-state index contributed by atoms with van der Waals surface area (Å²) in [5.74, 6) is 0.256. The second-order valence-electron chi connectivity index (χ2n) is 6.25. The molecule has 0 aromatic rings. The molecule has 1 rings (SSSR count).